The van der Waals surface area contributed by atoms with Gasteiger partial charge >= 0.3 is 0 Å². The normalized spacial score (nSPS) is 10.7. The van der Waals surface area contributed by atoms with Crippen LogP contribution in [0, 0.1) is 0 Å². The number of anilines is 1. The largest absolute Gasteiger partial charge is 0.395 e. The first-order valence-electron chi connectivity index (χ1n) is 6.09. The van der Waals surface area contributed by atoms with Crippen molar-refractivity contribution in [3.05, 3.63) is 29.6 Å². The highest BCUT2D eigenvalue weighted by Gasteiger charge is 2.22. The quantitative estimate of drug-likeness (QED) is 0.842. The van der Waals surface area contributed by atoms with E-state index in [1.54, 1.807) is 31.4 Å². The van der Waals surface area contributed by atoms with Crippen LogP contribution < -0.4 is 5.73 Å². The number of H-pyrrole nitrogens is 1. The summed E-state index contributed by atoms with van der Waals surface area (Å²) in [5.41, 5.74) is 7.60. The zero-order chi connectivity index (χ0) is 14.0. The number of nitrogens with zero attached hydrogens (tertiary/aromatic N) is 4. The lowest BCUT2D eigenvalue weighted by molar-refractivity contribution is 0.0772. The Balaban J connectivity index is 2.21. The molecule has 2 aromatic heterocycles. The molecule has 0 atom stereocenters. The number of rotatable bonds is 4. The van der Waals surface area contributed by atoms with Crippen LogP contribution in [-0.2, 0) is 20.0 Å². The first kappa shape index (κ1) is 13.1. The molecule has 0 aliphatic rings. The van der Waals surface area contributed by atoms with Crippen molar-refractivity contribution in [2.45, 2.75) is 19.9 Å². The average molecular weight is 262 g/mol. The summed E-state index contributed by atoms with van der Waals surface area (Å²) in [5.74, 6) is 0.566. The molecule has 2 rings (SSSR count). The predicted octanol–water partition coefficient (Wildman–Crippen LogP) is 0.560. The second-order valence-electron chi connectivity index (χ2n) is 4.38. The van der Waals surface area contributed by atoms with E-state index in [0.29, 0.717) is 24.3 Å². The zero-order valence-electron chi connectivity index (χ0n) is 11.3. The molecular formula is C12H18N6O. The van der Waals surface area contributed by atoms with Crippen LogP contribution >= 0.6 is 0 Å². The lowest BCUT2D eigenvalue weighted by Gasteiger charge is -2.16. The van der Waals surface area contributed by atoms with Crippen LogP contribution in [0.1, 0.15) is 28.9 Å². The third kappa shape index (κ3) is 2.44. The number of aryl methyl sites for hydroxylation is 2. The van der Waals surface area contributed by atoms with Crippen LogP contribution in [0.5, 0.6) is 0 Å². The lowest BCUT2D eigenvalue weighted by atomic mass is 10.2. The molecule has 19 heavy (non-hydrogen) atoms. The predicted molar refractivity (Wildman–Crippen MR) is 71.4 cm³/mol. The zero-order valence-corrected chi connectivity index (χ0v) is 11.3. The molecule has 7 nitrogen and oxygen atoms in total. The van der Waals surface area contributed by atoms with E-state index in [1.165, 1.54) is 4.68 Å². The summed E-state index contributed by atoms with van der Waals surface area (Å²) < 4.78 is 1.54. The van der Waals surface area contributed by atoms with Crippen LogP contribution in [0.3, 0.4) is 0 Å². The maximum atomic E-state index is 12.4. The fourth-order valence-electron chi connectivity index (χ4n) is 1.97. The molecule has 2 aromatic rings. The summed E-state index contributed by atoms with van der Waals surface area (Å²) in [4.78, 5) is 21.0. The summed E-state index contributed by atoms with van der Waals surface area (Å²) in [6.45, 7) is 2.36. The van der Waals surface area contributed by atoms with Crippen molar-refractivity contribution in [3.63, 3.8) is 0 Å². The van der Waals surface area contributed by atoms with Crippen molar-refractivity contribution in [2.75, 3.05) is 12.8 Å². The van der Waals surface area contributed by atoms with Gasteiger partial charge in [-0.2, -0.15) is 5.10 Å². The number of nitrogen functional groups attached to an aromatic ring is 1. The number of hydrogen-bond acceptors (Lipinski definition) is 4. The monoisotopic (exact) mass is 262 g/mol. The van der Waals surface area contributed by atoms with E-state index in [-0.39, 0.29) is 5.91 Å². The molecule has 0 unspecified atom stereocenters. The fourth-order valence-corrected chi connectivity index (χ4v) is 1.97. The Morgan fingerprint density at radius 2 is 2.32 bits per heavy atom. The minimum Gasteiger partial charge on any atom is -0.395 e. The molecule has 3 N–H and O–H groups in total. The summed E-state index contributed by atoms with van der Waals surface area (Å²) in [6.07, 6.45) is 4.08. The molecule has 0 bridgehead atoms. The molecule has 102 valence electrons. The number of aromatic amines is 1. The van der Waals surface area contributed by atoms with Gasteiger partial charge in [-0.15, -0.1) is 0 Å². The van der Waals surface area contributed by atoms with E-state index in [0.717, 1.165) is 11.5 Å². The molecule has 7 heteroatoms. The second-order valence-corrected chi connectivity index (χ2v) is 4.38. The molecule has 0 radical (unpaired) electrons. The number of nitrogens with two attached hydrogens (primary N) is 1. The number of amides is 1. The number of hydrogen-bond donors (Lipinski definition) is 2. The minimum atomic E-state index is -0.163. The van der Waals surface area contributed by atoms with Crippen molar-refractivity contribution in [3.8, 4) is 0 Å². The number of carbonyl (C=O) groups excluding carboxylic acids is 1. The van der Waals surface area contributed by atoms with Gasteiger partial charge in [-0.25, -0.2) is 4.98 Å². The molecule has 0 aromatic carbocycles. The highest BCUT2D eigenvalue weighted by molar-refractivity contribution is 5.97. The number of carbonyl (C=O) groups is 1. The number of nitrogens with one attached hydrogen (secondary N) is 1. The molecule has 0 saturated heterocycles. The van der Waals surface area contributed by atoms with Gasteiger partial charge in [0.05, 0.1) is 17.9 Å². The van der Waals surface area contributed by atoms with Crippen molar-refractivity contribution < 1.29 is 4.79 Å². The molecule has 0 aliphatic heterocycles. The van der Waals surface area contributed by atoms with E-state index in [4.69, 9.17) is 5.73 Å². The van der Waals surface area contributed by atoms with Gasteiger partial charge in [0.15, 0.2) is 0 Å². The van der Waals surface area contributed by atoms with E-state index >= 15 is 0 Å². The first-order valence-corrected chi connectivity index (χ1v) is 6.09. The van der Waals surface area contributed by atoms with Crippen LogP contribution in [0.4, 0.5) is 5.69 Å². The highest BCUT2D eigenvalue weighted by atomic mass is 16.2. The van der Waals surface area contributed by atoms with E-state index in [2.05, 4.69) is 15.1 Å². The Morgan fingerprint density at radius 1 is 1.58 bits per heavy atom. The SMILES string of the molecule is CCc1nn(C)c(C(=O)N(C)Cc2ncc[nH]2)c1N. The van der Waals surface area contributed by atoms with Crippen molar-refractivity contribution >= 4 is 11.6 Å². The van der Waals surface area contributed by atoms with Crippen LogP contribution in [0.25, 0.3) is 0 Å². The Hall–Kier alpha value is -2.31. The van der Waals surface area contributed by atoms with Gasteiger partial charge in [0.1, 0.15) is 11.5 Å². The maximum Gasteiger partial charge on any atom is 0.274 e. The molecule has 0 spiro atoms. The van der Waals surface area contributed by atoms with Gasteiger partial charge in [0.25, 0.3) is 5.91 Å². The van der Waals surface area contributed by atoms with Crippen molar-refractivity contribution in [1.29, 1.82) is 0 Å². The molecule has 0 saturated carbocycles. The van der Waals surface area contributed by atoms with Gasteiger partial charge in [0.2, 0.25) is 0 Å². The Morgan fingerprint density at radius 3 is 2.84 bits per heavy atom. The van der Waals surface area contributed by atoms with Gasteiger partial charge < -0.3 is 15.6 Å². The Bertz CT molecular complexity index is 571. The molecular weight excluding hydrogens is 244 g/mol. The topological polar surface area (TPSA) is 92.8 Å². The number of imidazole rings is 1. The van der Waals surface area contributed by atoms with Crippen molar-refractivity contribution in [2.24, 2.45) is 7.05 Å². The van der Waals surface area contributed by atoms with Crippen LogP contribution in [0.15, 0.2) is 12.4 Å². The standard InChI is InChI=1S/C12H18N6O/c1-4-8-10(13)11(18(3)16-8)12(19)17(2)7-9-14-5-6-15-9/h5-6H,4,7,13H2,1-3H3,(H,14,15). The smallest absolute Gasteiger partial charge is 0.274 e. The Labute approximate surface area is 111 Å². The van der Waals surface area contributed by atoms with E-state index < -0.39 is 0 Å². The first-order chi connectivity index (χ1) is 9.04. The summed E-state index contributed by atoms with van der Waals surface area (Å²) in [5, 5.41) is 4.25. The summed E-state index contributed by atoms with van der Waals surface area (Å²) in [7, 11) is 3.44. The van der Waals surface area contributed by atoms with Crippen LogP contribution in [0.2, 0.25) is 0 Å². The van der Waals surface area contributed by atoms with Crippen molar-refractivity contribution in [1.82, 2.24) is 24.6 Å². The minimum absolute atomic E-state index is 0.163. The highest BCUT2D eigenvalue weighted by Crippen LogP contribution is 2.18. The van der Waals surface area contributed by atoms with E-state index in [9.17, 15) is 4.79 Å². The fraction of sp³-hybridized carbons (Fsp3) is 0.417. The number of aromatic nitrogens is 4. The second kappa shape index (κ2) is 5.13. The van der Waals surface area contributed by atoms with Crippen LogP contribution in [-0.4, -0.2) is 37.6 Å². The average Bonchev–Trinajstić information content (AvgIpc) is 2.97. The third-order valence-corrected chi connectivity index (χ3v) is 2.99. The van der Waals surface area contributed by atoms with E-state index in [1.807, 2.05) is 6.92 Å². The maximum absolute atomic E-state index is 12.4. The van der Waals surface area contributed by atoms with Gasteiger partial charge in [0, 0.05) is 26.5 Å². The Kier molecular flexibility index (Phi) is 3.55. The lowest BCUT2D eigenvalue weighted by Crippen LogP contribution is -2.29. The third-order valence-electron chi connectivity index (χ3n) is 2.99. The van der Waals surface area contributed by atoms with Gasteiger partial charge in [-0.05, 0) is 6.42 Å². The molecule has 0 aliphatic carbocycles. The summed E-state index contributed by atoms with van der Waals surface area (Å²) >= 11 is 0. The van der Waals surface area contributed by atoms with Gasteiger partial charge in [-0.1, -0.05) is 6.92 Å². The van der Waals surface area contributed by atoms with Gasteiger partial charge in [-0.3, -0.25) is 9.48 Å². The summed E-state index contributed by atoms with van der Waals surface area (Å²) in [6, 6.07) is 0. The molecule has 0 fully saturated rings. The molecule has 2 heterocycles. The molecule has 1 amide bonds.